The Bertz CT molecular complexity index is 814. The minimum atomic E-state index is -0.0287. The molecule has 1 fully saturated rings. The number of piperidine rings is 1. The molecule has 6 heteroatoms. The monoisotopic (exact) mass is 367 g/mol. The summed E-state index contributed by atoms with van der Waals surface area (Å²) in [5.74, 6) is 1.77. The van der Waals surface area contributed by atoms with Gasteiger partial charge in [0.25, 0.3) is 0 Å². The van der Waals surface area contributed by atoms with E-state index in [2.05, 4.69) is 45.7 Å². The summed E-state index contributed by atoms with van der Waals surface area (Å²) in [6, 6.07) is 6.47. The first kappa shape index (κ1) is 19.3. The number of aryl methyl sites for hydroxylation is 1. The molecule has 1 aliphatic rings. The maximum Gasteiger partial charge on any atom is 0.229 e. The molecule has 1 aliphatic heterocycles. The maximum atomic E-state index is 11.9. The molecule has 27 heavy (non-hydrogen) atoms. The van der Waals surface area contributed by atoms with Gasteiger partial charge in [-0.2, -0.15) is 4.98 Å². The zero-order valence-corrected chi connectivity index (χ0v) is 16.7. The van der Waals surface area contributed by atoms with Crippen molar-refractivity contribution in [2.75, 3.05) is 36.9 Å². The van der Waals surface area contributed by atoms with Crippen LogP contribution in [0.3, 0.4) is 0 Å². The number of hydrogen-bond donors (Lipinski definition) is 2. The summed E-state index contributed by atoms with van der Waals surface area (Å²) in [4.78, 5) is 22.7. The first-order valence-electron chi connectivity index (χ1n) is 9.67. The van der Waals surface area contributed by atoms with Crippen LogP contribution < -0.4 is 15.5 Å². The fraction of sp³-hybridized carbons (Fsp3) is 0.476. The Labute approximate surface area is 161 Å². The summed E-state index contributed by atoms with van der Waals surface area (Å²) in [5, 5.41) is 6.71. The van der Waals surface area contributed by atoms with Crippen LogP contribution in [-0.2, 0) is 0 Å². The summed E-state index contributed by atoms with van der Waals surface area (Å²) in [6.45, 7) is 8.69. The molecule has 0 atom stereocenters. The zero-order valence-electron chi connectivity index (χ0n) is 16.7. The Morgan fingerprint density at radius 1 is 1.33 bits per heavy atom. The molecular weight excluding hydrogens is 338 g/mol. The topological polar surface area (TPSA) is 70.2 Å². The highest BCUT2D eigenvalue weighted by molar-refractivity contribution is 5.98. The van der Waals surface area contributed by atoms with E-state index in [4.69, 9.17) is 0 Å². The van der Waals surface area contributed by atoms with Crippen molar-refractivity contribution in [2.24, 2.45) is 0 Å². The highest BCUT2D eigenvalue weighted by Crippen LogP contribution is 2.30. The van der Waals surface area contributed by atoms with Gasteiger partial charge in [0.05, 0.1) is 5.56 Å². The molecular formula is C21H29N5O. The molecule has 2 aromatic rings. The van der Waals surface area contributed by atoms with Gasteiger partial charge >= 0.3 is 0 Å². The van der Waals surface area contributed by atoms with Crippen LogP contribution in [0.15, 0.2) is 24.4 Å². The van der Waals surface area contributed by atoms with Gasteiger partial charge in [-0.05, 0) is 75.9 Å². The van der Waals surface area contributed by atoms with E-state index in [0.29, 0.717) is 23.2 Å². The molecule has 0 aliphatic carbocycles. The number of benzene rings is 1. The smallest absolute Gasteiger partial charge is 0.229 e. The molecule has 0 saturated carbocycles. The molecule has 0 unspecified atom stereocenters. The molecule has 0 radical (unpaired) electrons. The van der Waals surface area contributed by atoms with Crippen molar-refractivity contribution in [2.45, 2.75) is 39.5 Å². The van der Waals surface area contributed by atoms with Gasteiger partial charge in [-0.1, -0.05) is 6.07 Å². The Hall–Kier alpha value is -2.47. The number of carbonyl (C=O) groups is 1. The summed E-state index contributed by atoms with van der Waals surface area (Å²) >= 11 is 0. The van der Waals surface area contributed by atoms with Gasteiger partial charge < -0.3 is 15.5 Å². The van der Waals surface area contributed by atoms with E-state index in [1.807, 2.05) is 18.9 Å². The van der Waals surface area contributed by atoms with Gasteiger partial charge in [0.15, 0.2) is 5.78 Å². The first-order valence-corrected chi connectivity index (χ1v) is 9.67. The Morgan fingerprint density at radius 3 is 2.70 bits per heavy atom. The fourth-order valence-electron chi connectivity index (χ4n) is 3.60. The number of nitrogens with one attached hydrogen (secondary N) is 2. The molecule has 3 rings (SSSR count). The molecule has 144 valence electrons. The predicted octanol–water partition coefficient (Wildman–Crippen LogP) is 3.65. The van der Waals surface area contributed by atoms with Crippen molar-refractivity contribution in [3.8, 4) is 0 Å². The molecule has 0 spiro atoms. The van der Waals surface area contributed by atoms with Crippen LogP contribution in [0.4, 0.5) is 17.5 Å². The van der Waals surface area contributed by atoms with Crippen molar-refractivity contribution in [3.63, 3.8) is 0 Å². The summed E-state index contributed by atoms with van der Waals surface area (Å²) < 4.78 is 0. The van der Waals surface area contributed by atoms with E-state index in [1.165, 1.54) is 24.0 Å². The Morgan fingerprint density at radius 2 is 2.07 bits per heavy atom. The van der Waals surface area contributed by atoms with E-state index in [0.717, 1.165) is 25.3 Å². The van der Waals surface area contributed by atoms with Gasteiger partial charge in [-0.3, -0.25) is 4.79 Å². The van der Waals surface area contributed by atoms with E-state index >= 15 is 0 Å². The molecule has 1 aromatic carbocycles. The lowest BCUT2D eigenvalue weighted by Gasteiger charge is -2.25. The number of aromatic nitrogens is 2. The SMILES string of the molecule is CCN(C)c1nc(Nc2ccc(C3CCNCC3)c(C)c2)ncc1C(C)=O. The van der Waals surface area contributed by atoms with Crippen molar-refractivity contribution in [1.82, 2.24) is 15.3 Å². The normalized spacial score (nSPS) is 14.8. The second kappa shape index (κ2) is 8.48. The second-order valence-electron chi connectivity index (χ2n) is 7.22. The lowest BCUT2D eigenvalue weighted by molar-refractivity contribution is 0.101. The lowest BCUT2D eigenvalue weighted by Crippen LogP contribution is -2.26. The van der Waals surface area contributed by atoms with Crippen LogP contribution >= 0.6 is 0 Å². The van der Waals surface area contributed by atoms with Gasteiger partial charge in [0.2, 0.25) is 5.95 Å². The molecule has 1 saturated heterocycles. The van der Waals surface area contributed by atoms with E-state index in [1.54, 1.807) is 13.1 Å². The van der Waals surface area contributed by atoms with Crippen LogP contribution in [0.25, 0.3) is 0 Å². The van der Waals surface area contributed by atoms with Crippen LogP contribution in [0, 0.1) is 6.92 Å². The number of Topliss-reactive ketones (excluding diaryl/α,β-unsaturated/α-hetero) is 1. The number of nitrogens with zero attached hydrogens (tertiary/aromatic N) is 3. The van der Waals surface area contributed by atoms with E-state index in [-0.39, 0.29) is 5.78 Å². The van der Waals surface area contributed by atoms with E-state index < -0.39 is 0 Å². The van der Waals surface area contributed by atoms with Gasteiger partial charge in [0.1, 0.15) is 5.82 Å². The Kier molecular flexibility index (Phi) is 6.06. The number of carbonyl (C=O) groups excluding carboxylic acids is 1. The minimum absolute atomic E-state index is 0.0287. The van der Waals surface area contributed by atoms with Crippen molar-refractivity contribution >= 4 is 23.2 Å². The van der Waals surface area contributed by atoms with Crippen molar-refractivity contribution < 1.29 is 4.79 Å². The summed E-state index contributed by atoms with van der Waals surface area (Å²) in [6.07, 6.45) is 3.99. The zero-order chi connectivity index (χ0) is 19.4. The molecule has 1 aromatic heterocycles. The number of rotatable bonds is 6. The van der Waals surface area contributed by atoms with Crippen molar-refractivity contribution in [1.29, 1.82) is 0 Å². The van der Waals surface area contributed by atoms with Gasteiger partial charge in [-0.15, -0.1) is 0 Å². The third-order valence-electron chi connectivity index (χ3n) is 5.29. The maximum absolute atomic E-state index is 11.9. The third kappa shape index (κ3) is 4.45. The van der Waals surface area contributed by atoms with Crippen LogP contribution in [0.5, 0.6) is 0 Å². The lowest BCUT2D eigenvalue weighted by atomic mass is 9.87. The highest BCUT2D eigenvalue weighted by Gasteiger charge is 2.18. The first-order chi connectivity index (χ1) is 13.0. The predicted molar refractivity (Wildman–Crippen MR) is 110 cm³/mol. The average molecular weight is 367 g/mol. The van der Waals surface area contributed by atoms with Gasteiger partial charge in [-0.25, -0.2) is 4.98 Å². The largest absolute Gasteiger partial charge is 0.359 e. The standard InChI is InChI=1S/C21H29N5O/c1-5-26(4)20-19(15(3)27)13-23-21(25-20)24-17-6-7-18(14(2)12-17)16-8-10-22-11-9-16/h6-7,12-13,16,22H,5,8-11H2,1-4H3,(H,23,24,25). The molecule has 0 bridgehead atoms. The molecule has 6 nitrogen and oxygen atoms in total. The average Bonchev–Trinajstić information content (AvgIpc) is 2.68. The van der Waals surface area contributed by atoms with Crippen LogP contribution in [0.1, 0.15) is 54.1 Å². The second-order valence-corrected chi connectivity index (χ2v) is 7.22. The van der Waals surface area contributed by atoms with Crippen LogP contribution in [-0.4, -0.2) is 42.4 Å². The molecule has 2 N–H and O–H groups in total. The number of anilines is 3. The molecule has 0 amide bonds. The fourth-order valence-corrected chi connectivity index (χ4v) is 3.60. The van der Waals surface area contributed by atoms with Crippen LogP contribution in [0.2, 0.25) is 0 Å². The van der Waals surface area contributed by atoms with Gasteiger partial charge in [0, 0.05) is 25.5 Å². The quantitative estimate of drug-likeness (QED) is 0.760. The summed E-state index contributed by atoms with van der Waals surface area (Å²) in [5.41, 5.74) is 4.23. The highest BCUT2D eigenvalue weighted by atomic mass is 16.1. The minimum Gasteiger partial charge on any atom is -0.359 e. The van der Waals surface area contributed by atoms with Crippen molar-refractivity contribution in [3.05, 3.63) is 41.1 Å². The Balaban J connectivity index is 1.82. The number of hydrogen-bond acceptors (Lipinski definition) is 6. The third-order valence-corrected chi connectivity index (χ3v) is 5.29. The molecule has 2 heterocycles. The van der Waals surface area contributed by atoms with E-state index in [9.17, 15) is 4.79 Å². The summed E-state index contributed by atoms with van der Waals surface area (Å²) in [7, 11) is 1.93. The number of ketones is 1.